The molecule has 0 aliphatic carbocycles. The fourth-order valence-corrected chi connectivity index (χ4v) is 2.33. The average molecular weight is 258 g/mol. The zero-order valence-electron chi connectivity index (χ0n) is 10.6. The summed E-state index contributed by atoms with van der Waals surface area (Å²) in [5.41, 5.74) is 1.76. The van der Waals surface area contributed by atoms with Crippen molar-refractivity contribution in [3.63, 3.8) is 0 Å². The molecule has 1 aromatic rings. The van der Waals surface area contributed by atoms with Crippen molar-refractivity contribution in [3.05, 3.63) is 28.8 Å². The van der Waals surface area contributed by atoms with E-state index in [1.165, 1.54) is 0 Å². The van der Waals surface area contributed by atoms with E-state index in [4.69, 9.17) is 16.3 Å². The number of rotatable bonds is 6. The van der Waals surface area contributed by atoms with Crippen molar-refractivity contribution in [1.29, 1.82) is 0 Å². The Bertz CT molecular complexity index is 357. The van der Waals surface area contributed by atoms with Crippen molar-refractivity contribution in [1.82, 2.24) is 0 Å². The van der Waals surface area contributed by atoms with Crippen LogP contribution in [-0.4, -0.2) is 31.4 Å². The Morgan fingerprint density at radius 1 is 1.47 bits per heavy atom. The Morgan fingerprint density at radius 3 is 2.71 bits per heavy atom. The number of para-hydroxylation sites is 1. The zero-order chi connectivity index (χ0) is 12.8. The summed E-state index contributed by atoms with van der Waals surface area (Å²) >= 11 is 6.23. The van der Waals surface area contributed by atoms with Gasteiger partial charge in [0.05, 0.1) is 23.9 Å². The van der Waals surface area contributed by atoms with Gasteiger partial charge in [0.15, 0.2) is 0 Å². The van der Waals surface area contributed by atoms with Gasteiger partial charge in [-0.3, -0.25) is 0 Å². The lowest BCUT2D eigenvalue weighted by atomic mass is 10.1. The molecule has 0 aliphatic heterocycles. The van der Waals surface area contributed by atoms with Crippen molar-refractivity contribution in [2.45, 2.75) is 26.5 Å². The maximum absolute atomic E-state index is 9.38. The number of hydrogen-bond acceptors (Lipinski definition) is 3. The minimum absolute atomic E-state index is 0.00784. The first kappa shape index (κ1) is 14.3. The molecule has 0 amide bonds. The number of anilines is 1. The Morgan fingerprint density at radius 2 is 2.18 bits per heavy atom. The summed E-state index contributed by atoms with van der Waals surface area (Å²) in [4.78, 5) is 2.15. The molecule has 3 nitrogen and oxygen atoms in total. The second kappa shape index (κ2) is 6.84. The van der Waals surface area contributed by atoms with Crippen LogP contribution in [0.25, 0.3) is 0 Å². The molecule has 0 spiro atoms. The van der Waals surface area contributed by atoms with Gasteiger partial charge in [-0.15, -0.1) is 0 Å². The normalized spacial score (nSPS) is 12.5. The predicted molar refractivity (Wildman–Crippen MR) is 71.7 cm³/mol. The van der Waals surface area contributed by atoms with E-state index in [1.54, 1.807) is 7.11 Å². The molecule has 4 heteroatoms. The standard InChI is InChI=1S/C13H20ClNO2/c1-4-15(10(2)9-17-3)13-11(8-16)6-5-7-12(13)14/h5-7,10,16H,4,8-9H2,1-3H3. The summed E-state index contributed by atoms with van der Waals surface area (Å²) in [5.74, 6) is 0. The van der Waals surface area contributed by atoms with Gasteiger partial charge in [-0.1, -0.05) is 23.7 Å². The molecule has 0 heterocycles. The molecule has 0 saturated heterocycles. The summed E-state index contributed by atoms with van der Waals surface area (Å²) in [5, 5.41) is 10.1. The average Bonchev–Trinajstić information content (AvgIpc) is 2.32. The molecule has 17 heavy (non-hydrogen) atoms. The van der Waals surface area contributed by atoms with E-state index in [-0.39, 0.29) is 12.6 Å². The van der Waals surface area contributed by atoms with Crippen molar-refractivity contribution in [3.8, 4) is 0 Å². The largest absolute Gasteiger partial charge is 0.392 e. The SMILES string of the molecule is CCN(c1c(Cl)cccc1CO)C(C)COC. The molecular formula is C13H20ClNO2. The molecule has 0 bridgehead atoms. The molecule has 1 aromatic carbocycles. The van der Waals surface area contributed by atoms with Gasteiger partial charge < -0.3 is 14.7 Å². The van der Waals surface area contributed by atoms with E-state index in [1.807, 2.05) is 18.2 Å². The maximum atomic E-state index is 9.38. The van der Waals surface area contributed by atoms with E-state index in [2.05, 4.69) is 18.7 Å². The van der Waals surface area contributed by atoms with Crippen LogP contribution in [0, 0.1) is 0 Å². The number of benzene rings is 1. The van der Waals surface area contributed by atoms with E-state index < -0.39 is 0 Å². The van der Waals surface area contributed by atoms with Crippen LogP contribution in [0.2, 0.25) is 5.02 Å². The first-order chi connectivity index (χ1) is 8.15. The van der Waals surface area contributed by atoms with E-state index in [0.29, 0.717) is 11.6 Å². The van der Waals surface area contributed by atoms with Crippen LogP contribution in [0.1, 0.15) is 19.4 Å². The Balaban J connectivity index is 3.10. The maximum Gasteiger partial charge on any atom is 0.0702 e. The van der Waals surface area contributed by atoms with Crippen molar-refractivity contribution in [2.24, 2.45) is 0 Å². The van der Waals surface area contributed by atoms with Crippen LogP contribution in [0.4, 0.5) is 5.69 Å². The second-order valence-electron chi connectivity index (χ2n) is 4.00. The third-order valence-electron chi connectivity index (χ3n) is 2.81. The Kier molecular flexibility index (Phi) is 5.75. The molecule has 0 aliphatic rings. The van der Waals surface area contributed by atoms with Gasteiger partial charge in [0.1, 0.15) is 0 Å². The minimum Gasteiger partial charge on any atom is -0.392 e. The molecule has 1 atom stereocenters. The van der Waals surface area contributed by atoms with Crippen LogP contribution < -0.4 is 4.90 Å². The number of likely N-dealkylation sites (N-methyl/N-ethyl adjacent to an activating group) is 1. The molecule has 0 saturated carbocycles. The van der Waals surface area contributed by atoms with Gasteiger partial charge in [0.25, 0.3) is 0 Å². The summed E-state index contributed by atoms with van der Waals surface area (Å²) in [7, 11) is 1.68. The number of methoxy groups -OCH3 is 1. The lowest BCUT2D eigenvalue weighted by molar-refractivity contribution is 0.181. The highest BCUT2D eigenvalue weighted by molar-refractivity contribution is 6.33. The number of nitrogens with zero attached hydrogens (tertiary/aromatic N) is 1. The van der Waals surface area contributed by atoms with Gasteiger partial charge in [-0.25, -0.2) is 0 Å². The molecule has 96 valence electrons. The summed E-state index contributed by atoms with van der Waals surface area (Å²) in [6, 6.07) is 5.81. The summed E-state index contributed by atoms with van der Waals surface area (Å²) < 4.78 is 5.17. The lowest BCUT2D eigenvalue weighted by Gasteiger charge is -2.32. The van der Waals surface area contributed by atoms with Gasteiger partial charge >= 0.3 is 0 Å². The van der Waals surface area contributed by atoms with Crippen LogP contribution in [0.3, 0.4) is 0 Å². The monoisotopic (exact) mass is 257 g/mol. The number of halogens is 1. The highest BCUT2D eigenvalue weighted by atomic mass is 35.5. The van der Waals surface area contributed by atoms with Crippen LogP contribution in [-0.2, 0) is 11.3 Å². The first-order valence-electron chi connectivity index (χ1n) is 5.79. The van der Waals surface area contributed by atoms with E-state index in [9.17, 15) is 5.11 Å². The third kappa shape index (κ3) is 3.35. The molecule has 1 N–H and O–H groups in total. The molecule has 0 aromatic heterocycles. The van der Waals surface area contributed by atoms with Crippen LogP contribution in [0.5, 0.6) is 0 Å². The fourth-order valence-electron chi connectivity index (χ4n) is 2.03. The number of hydrogen-bond donors (Lipinski definition) is 1. The Labute approximate surface area is 108 Å². The minimum atomic E-state index is -0.00784. The summed E-state index contributed by atoms with van der Waals surface area (Å²) in [6.45, 7) is 5.59. The molecular weight excluding hydrogens is 238 g/mol. The van der Waals surface area contributed by atoms with Gasteiger partial charge in [0.2, 0.25) is 0 Å². The Hall–Kier alpha value is -0.770. The van der Waals surface area contributed by atoms with E-state index in [0.717, 1.165) is 17.8 Å². The topological polar surface area (TPSA) is 32.7 Å². The van der Waals surface area contributed by atoms with Gasteiger partial charge in [-0.2, -0.15) is 0 Å². The first-order valence-corrected chi connectivity index (χ1v) is 6.17. The highest BCUT2D eigenvalue weighted by Gasteiger charge is 2.18. The van der Waals surface area contributed by atoms with E-state index >= 15 is 0 Å². The second-order valence-corrected chi connectivity index (χ2v) is 4.40. The molecule has 0 fully saturated rings. The quantitative estimate of drug-likeness (QED) is 0.851. The van der Waals surface area contributed by atoms with Crippen LogP contribution >= 0.6 is 11.6 Å². The lowest BCUT2D eigenvalue weighted by Crippen LogP contribution is -2.37. The number of ether oxygens (including phenoxy) is 1. The zero-order valence-corrected chi connectivity index (χ0v) is 11.4. The molecule has 1 rings (SSSR count). The summed E-state index contributed by atoms with van der Waals surface area (Å²) in [6.07, 6.45) is 0. The number of aliphatic hydroxyl groups excluding tert-OH is 1. The third-order valence-corrected chi connectivity index (χ3v) is 3.11. The number of aliphatic hydroxyl groups is 1. The van der Waals surface area contributed by atoms with Crippen molar-refractivity contribution < 1.29 is 9.84 Å². The van der Waals surface area contributed by atoms with Gasteiger partial charge in [-0.05, 0) is 19.9 Å². The smallest absolute Gasteiger partial charge is 0.0702 e. The highest BCUT2D eigenvalue weighted by Crippen LogP contribution is 2.31. The predicted octanol–water partition coefficient (Wildman–Crippen LogP) is 2.69. The molecule has 0 radical (unpaired) electrons. The van der Waals surface area contributed by atoms with Crippen molar-refractivity contribution in [2.75, 3.05) is 25.2 Å². The molecule has 1 unspecified atom stereocenters. The van der Waals surface area contributed by atoms with Gasteiger partial charge in [0, 0.05) is 25.3 Å². The fraction of sp³-hybridized carbons (Fsp3) is 0.538. The van der Waals surface area contributed by atoms with Crippen LogP contribution in [0.15, 0.2) is 18.2 Å². The van der Waals surface area contributed by atoms with Crippen molar-refractivity contribution >= 4 is 17.3 Å².